The number of likely N-dealkylation sites (N-methyl/N-ethyl adjacent to an activating group) is 1. The zero-order valence-electron chi connectivity index (χ0n) is 10.5. The monoisotopic (exact) mass is 268 g/mol. The fourth-order valence-electron chi connectivity index (χ4n) is 2.16. The number of carboxylic acids is 1. The van der Waals surface area contributed by atoms with Crippen LogP contribution in [0.2, 0.25) is 0 Å². The SMILES string of the molecule is CN(C)C1(CNCC(C(=O)O)C(F)(F)F)CCC1. The van der Waals surface area contributed by atoms with Crippen molar-refractivity contribution in [3.8, 4) is 0 Å². The number of hydrogen-bond acceptors (Lipinski definition) is 3. The molecular weight excluding hydrogens is 249 g/mol. The van der Waals surface area contributed by atoms with E-state index >= 15 is 0 Å². The maximum atomic E-state index is 12.4. The predicted octanol–water partition coefficient (Wildman–Crippen LogP) is 1.32. The molecule has 0 saturated heterocycles. The highest BCUT2D eigenvalue weighted by atomic mass is 19.4. The molecule has 7 heteroatoms. The first-order valence-electron chi connectivity index (χ1n) is 5.87. The molecule has 0 bridgehead atoms. The van der Waals surface area contributed by atoms with Gasteiger partial charge in [0.05, 0.1) is 0 Å². The van der Waals surface area contributed by atoms with Crippen LogP contribution in [-0.4, -0.2) is 54.9 Å². The van der Waals surface area contributed by atoms with E-state index < -0.39 is 24.6 Å². The third-order valence-electron chi connectivity index (χ3n) is 3.73. The first kappa shape index (κ1) is 15.2. The van der Waals surface area contributed by atoms with Crippen molar-refractivity contribution >= 4 is 5.97 Å². The Labute approximate surface area is 104 Å². The number of nitrogens with one attached hydrogen (secondary N) is 1. The molecule has 2 N–H and O–H groups in total. The van der Waals surface area contributed by atoms with Gasteiger partial charge in [-0.1, -0.05) is 0 Å². The van der Waals surface area contributed by atoms with Crippen molar-refractivity contribution < 1.29 is 23.1 Å². The highest BCUT2D eigenvalue weighted by Crippen LogP contribution is 2.35. The third kappa shape index (κ3) is 3.35. The average molecular weight is 268 g/mol. The molecule has 0 spiro atoms. The smallest absolute Gasteiger partial charge is 0.403 e. The minimum absolute atomic E-state index is 0.116. The first-order valence-corrected chi connectivity index (χ1v) is 5.87. The van der Waals surface area contributed by atoms with Crippen LogP contribution in [0.4, 0.5) is 13.2 Å². The van der Waals surface area contributed by atoms with Crippen LogP contribution in [0.25, 0.3) is 0 Å². The molecule has 0 aromatic heterocycles. The summed E-state index contributed by atoms with van der Waals surface area (Å²) in [5.74, 6) is -4.17. The highest BCUT2D eigenvalue weighted by Gasteiger charge is 2.45. The van der Waals surface area contributed by atoms with E-state index in [1.165, 1.54) is 0 Å². The number of carboxylic acid groups (broad SMARTS) is 1. The van der Waals surface area contributed by atoms with E-state index in [0.717, 1.165) is 19.3 Å². The van der Waals surface area contributed by atoms with Crippen molar-refractivity contribution in [2.75, 3.05) is 27.2 Å². The second-order valence-electron chi connectivity index (χ2n) is 5.04. The van der Waals surface area contributed by atoms with Gasteiger partial charge in [0.1, 0.15) is 0 Å². The summed E-state index contributed by atoms with van der Waals surface area (Å²) >= 11 is 0. The molecule has 0 aromatic rings. The Kier molecular flexibility index (Phi) is 4.61. The topological polar surface area (TPSA) is 52.6 Å². The standard InChI is InChI=1S/C11H19F3N2O2/c1-16(2)10(4-3-5-10)7-15-6-8(9(17)18)11(12,13)14/h8,15H,3-7H2,1-2H3,(H,17,18). The van der Waals surface area contributed by atoms with Crippen LogP contribution >= 0.6 is 0 Å². The van der Waals surface area contributed by atoms with Gasteiger partial charge in [-0.2, -0.15) is 13.2 Å². The van der Waals surface area contributed by atoms with Crippen molar-refractivity contribution in [2.45, 2.75) is 31.0 Å². The van der Waals surface area contributed by atoms with Crippen molar-refractivity contribution in [1.29, 1.82) is 0 Å². The molecule has 1 saturated carbocycles. The third-order valence-corrected chi connectivity index (χ3v) is 3.73. The summed E-state index contributed by atoms with van der Waals surface area (Å²) in [6.45, 7) is -0.186. The second-order valence-corrected chi connectivity index (χ2v) is 5.04. The normalized spacial score (nSPS) is 20.6. The number of carbonyl (C=O) groups is 1. The molecule has 106 valence electrons. The maximum Gasteiger partial charge on any atom is 0.403 e. The molecule has 18 heavy (non-hydrogen) atoms. The van der Waals surface area contributed by atoms with E-state index in [2.05, 4.69) is 5.32 Å². The van der Waals surface area contributed by atoms with Crippen LogP contribution in [0.1, 0.15) is 19.3 Å². The van der Waals surface area contributed by atoms with Crippen LogP contribution < -0.4 is 5.32 Å². The molecule has 0 heterocycles. The molecule has 4 nitrogen and oxygen atoms in total. The Bertz CT molecular complexity index is 301. The van der Waals surface area contributed by atoms with Gasteiger partial charge < -0.3 is 15.3 Å². The highest BCUT2D eigenvalue weighted by molar-refractivity contribution is 5.71. The Hall–Kier alpha value is -0.820. The maximum absolute atomic E-state index is 12.4. The number of rotatable bonds is 6. The van der Waals surface area contributed by atoms with Crippen LogP contribution in [0.3, 0.4) is 0 Å². The predicted molar refractivity (Wildman–Crippen MR) is 60.3 cm³/mol. The van der Waals surface area contributed by atoms with Crippen molar-refractivity contribution in [3.63, 3.8) is 0 Å². The number of halogens is 3. The average Bonchev–Trinajstić information content (AvgIpc) is 2.11. The lowest BCUT2D eigenvalue weighted by molar-refractivity contribution is -0.192. The zero-order valence-corrected chi connectivity index (χ0v) is 10.5. The quantitative estimate of drug-likeness (QED) is 0.763. The zero-order chi connectivity index (χ0) is 14.0. The van der Waals surface area contributed by atoms with E-state index in [1.54, 1.807) is 0 Å². The van der Waals surface area contributed by atoms with Crippen LogP contribution in [-0.2, 0) is 4.79 Å². The summed E-state index contributed by atoms with van der Waals surface area (Å²) in [6.07, 6.45) is -1.79. The lowest BCUT2D eigenvalue weighted by Gasteiger charge is -2.47. The lowest BCUT2D eigenvalue weighted by Crippen LogP contribution is -2.57. The summed E-state index contributed by atoms with van der Waals surface area (Å²) in [6, 6.07) is 0. The molecule has 0 aliphatic heterocycles. The number of nitrogens with zero attached hydrogens (tertiary/aromatic N) is 1. The van der Waals surface area contributed by atoms with E-state index in [-0.39, 0.29) is 5.54 Å². The van der Waals surface area contributed by atoms with Crippen LogP contribution in [0.15, 0.2) is 0 Å². The minimum atomic E-state index is -4.70. The molecule has 0 amide bonds. The van der Waals surface area contributed by atoms with Gasteiger partial charge in [-0.15, -0.1) is 0 Å². The first-order chi connectivity index (χ1) is 8.19. The van der Waals surface area contributed by atoms with Crippen LogP contribution in [0, 0.1) is 5.92 Å². The molecule has 1 aliphatic carbocycles. The van der Waals surface area contributed by atoms with E-state index in [1.807, 2.05) is 19.0 Å². The number of aliphatic carboxylic acids is 1. The molecule has 1 unspecified atom stereocenters. The van der Waals surface area contributed by atoms with E-state index in [9.17, 15) is 18.0 Å². The molecule has 1 atom stereocenters. The lowest BCUT2D eigenvalue weighted by atomic mass is 9.75. The van der Waals surface area contributed by atoms with Gasteiger partial charge in [0, 0.05) is 18.6 Å². The second kappa shape index (κ2) is 5.44. The summed E-state index contributed by atoms with van der Waals surface area (Å²) in [4.78, 5) is 12.5. The van der Waals surface area contributed by atoms with Gasteiger partial charge in [0.2, 0.25) is 0 Å². The van der Waals surface area contributed by atoms with Gasteiger partial charge in [-0.05, 0) is 33.4 Å². The number of hydrogen-bond donors (Lipinski definition) is 2. The Morgan fingerprint density at radius 3 is 2.28 bits per heavy atom. The largest absolute Gasteiger partial charge is 0.481 e. The van der Waals surface area contributed by atoms with E-state index in [0.29, 0.717) is 6.54 Å². The molecular formula is C11H19F3N2O2. The Balaban J connectivity index is 2.47. The van der Waals surface area contributed by atoms with Gasteiger partial charge in [-0.25, -0.2) is 0 Å². The number of alkyl halides is 3. The summed E-state index contributed by atoms with van der Waals surface area (Å²) in [5, 5.41) is 11.2. The summed E-state index contributed by atoms with van der Waals surface area (Å²) in [7, 11) is 3.78. The fraction of sp³-hybridized carbons (Fsp3) is 0.909. The fourth-order valence-corrected chi connectivity index (χ4v) is 2.16. The van der Waals surface area contributed by atoms with Gasteiger partial charge in [0.15, 0.2) is 5.92 Å². The van der Waals surface area contributed by atoms with Crippen molar-refractivity contribution in [2.24, 2.45) is 5.92 Å². The molecule has 1 aliphatic rings. The van der Waals surface area contributed by atoms with Gasteiger partial charge >= 0.3 is 12.1 Å². The molecule has 0 radical (unpaired) electrons. The molecule has 0 aromatic carbocycles. The van der Waals surface area contributed by atoms with Crippen molar-refractivity contribution in [3.05, 3.63) is 0 Å². The van der Waals surface area contributed by atoms with Gasteiger partial charge in [-0.3, -0.25) is 4.79 Å². The summed E-state index contributed by atoms with van der Waals surface area (Å²) in [5.41, 5.74) is -0.116. The Morgan fingerprint density at radius 1 is 1.44 bits per heavy atom. The Morgan fingerprint density at radius 2 is 2.00 bits per heavy atom. The van der Waals surface area contributed by atoms with E-state index in [4.69, 9.17) is 5.11 Å². The molecule has 1 fully saturated rings. The minimum Gasteiger partial charge on any atom is -0.481 e. The van der Waals surface area contributed by atoms with Crippen LogP contribution in [0.5, 0.6) is 0 Å². The van der Waals surface area contributed by atoms with Crippen molar-refractivity contribution in [1.82, 2.24) is 10.2 Å². The van der Waals surface area contributed by atoms with Gasteiger partial charge in [0.25, 0.3) is 0 Å². The molecule has 1 rings (SSSR count). The summed E-state index contributed by atoms with van der Waals surface area (Å²) < 4.78 is 37.2.